The van der Waals surface area contributed by atoms with Crippen LogP contribution < -0.4 is 5.73 Å². The number of hydrogen-bond acceptors (Lipinski definition) is 3. The maximum atomic E-state index is 5.72. The van der Waals surface area contributed by atoms with Crippen molar-refractivity contribution in [2.45, 2.75) is 45.3 Å². The van der Waals surface area contributed by atoms with Crippen LogP contribution in [0.1, 0.15) is 44.9 Å². The van der Waals surface area contributed by atoms with Crippen LogP contribution >= 0.6 is 0 Å². The monoisotopic (exact) mass is 276 g/mol. The first-order valence-electron chi connectivity index (χ1n) is 7.58. The molecule has 0 bridgehead atoms. The minimum Gasteiger partial charge on any atom is -0.374 e. The van der Waals surface area contributed by atoms with Gasteiger partial charge in [0.05, 0.1) is 12.7 Å². The Labute approximate surface area is 123 Å². The fourth-order valence-electron chi connectivity index (χ4n) is 2.71. The molecule has 2 rings (SSSR count). The van der Waals surface area contributed by atoms with E-state index in [1.807, 2.05) is 0 Å². The second kappa shape index (κ2) is 6.25. The first kappa shape index (κ1) is 15.5. The van der Waals surface area contributed by atoms with Crippen LogP contribution in [0.2, 0.25) is 0 Å². The molecule has 0 aliphatic carbocycles. The average molecular weight is 276 g/mol. The van der Waals surface area contributed by atoms with Gasteiger partial charge in [0, 0.05) is 25.7 Å². The van der Waals surface area contributed by atoms with Crippen LogP contribution in [0.4, 0.5) is 0 Å². The summed E-state index contributed by atoms with van der Waals surface area (Å²) in [5.74, 6) is 0. The van der Waals surface area contributed by atoms with Gasteiger partial charge in [-0.1, -0.05) is 45.0 Å². The van der Waals surface area contributed by atoms with Gasteiger partial charge in [0.1, 0.15) is 0 Å². The van der Waals surface area contributed by atoms with Crippen molar-refractivity contribution in [2.75, 3.05) is 26.2 Å². The van der Waals surface area contributed by atoms with Gasteiger partial charge in [-0.2, -0.15) is 0 Å². The third kappa shape index (κ3) is 3.60. The van der Waals surface area contributed by atoms with Gasteiger partial charge in [0.25, 0.3) is 0 Å². The zero-order valence-corrected chi connectivity index (χ0v) is 13.2. The molecule has 0 radical (unpaired) electrons. The van der Waals surface area contributed by atoms with E-state index in [-0.39, 0.29) is 11.5 Å². The molecule has 20 heavy (non-hydrogen) atoms. The third-order valence-electron chi connectivity index (χ3n) is 4.24. The van der Waals surface area contributed by atoms with Crippen molar-refractivity contribution in [3.05, 3.63) is 35.4 Å². The predicted molar refractivity (Wildman–Crippen MR) is 83.9 cm³/mol. The molecule has 1 fully saturated rings. The number of ether oxygens (including phenoxy) is 1. The number of rotatable bonds is 3. The van der Waals surface area contributed by atoms with Gasteiger partial charge >= 0.3 is 0 Å². The van der Waals surface area contributed by atoms with Crippen LogP contribution in [-0.2, 0) is 10.2 Å². The van der Waals surface area contributed by atoms with E-state index in [1.165, 1.54) is 11.1 Å². The largest absolute Gasteiger partial charge is 0.374 e. The molecule has 0 saturated carbocycles. The van der Waals surface area contributed by atoms with Crippen molar-refractivity contribution in [1.82, 2.24) is 4.90 Å². The Hall–Kier alpha value is -0.900. The number of benzene rings is 1. The van der Waals surface area contributed by atoms with Gasteiger partial charge in [-0.3, -0.25) is 4.90 Å². The summed E-state index contributed by atoms with van der Waals surface area (Å²) in [5, 5.41) is 0. The van der Waals surface area contributed by atoms with E-state index >= 15 is 0 Å². The Balaban J connectivity index is 2.07. The Morgan fingerprint density at radius 2 is 1.95 bits per heavy atom. The normalized spacial score (nSPS) is 22.8. The van der Waals surface area contributed by atoms with Crippen molar-refractivity contribution in [3.63, 3.8) is 0 Å². The molecule has 0 spiro atoms. The second-order valence-electron chi connectivity index (χ2n) is 6.77. The fraction of sp³-hybridized carbons (Fsp3) is 0.647. The lowest BCUT2D eigenvalue weighted by Crippen LogP contribution is -2.46. The molecular weight excluding hydrogens is 248 g/mol. The van der Waals surface area contributed by atoms with Gasteiger partial charge < -0.3 is 10.5 Å². The molecule has 1 aliphatic heterocycles. The average Bonchev–Trinajstić information content (AvgIpc) is 2.46. The zero-order chi connectivity index (χ0) is 14.8. The van der Waals surface area contributed by atoms with Crippen molar-refractivity contribution in [3.8, 4) is 0 Å². The van der Waals surface area contributed by atoms with E-state index in [9.17, 15) is 0 Å². The lowest BCUT2D eigenvalue weighted by atomic mass is 9.86. The van der Waals surface area contributed by atoms with E-state index in [4.69, 9.17) is 10.5 Å². The highest BCUT2D eigenvalue weighted by atomic mass is 16.5. The van der Waals surface area contributed by atoms with E-state index in [0.29, 0.717) is 12.6 Å². The van der Waals surface area contributed by atoms with Crippen LogP contribution in [0.15, 0.2) is 24.3 Å². The molecule has 1 heterocycles. The summed E-state index contributed by atoms with van der Waals surface area (Å²) in [7, 11) is 0. The molecule has 2 unspecified atom stereocenters. The Bertz CT molecular complexity index is 422. The molecule has 3 heteroatoms. The molecule has 1 aliphatic rings. The SMILES string of the molecule is CC(c1ccc(C(C)(C)C)cc1)N1CCOC(CN)C1. The molecule has 0 aromatic heterocycles. The highest BCUT2D eigenvalue weighted by molar-refractivity contribution is 5.29. The van der Waals surface area contributed by atoms with Crippen molar-refractivity contribution >= 4 is 0 Å². The van der Waals surface area contributed by atoms with E-state index in [2.05, 4.69) is 56.9 Å². The highest BCUT2D eigenvalue weighted by Crippen LogP contribution is 2.26. The van der Waals surface area contributed by atoms with Gasteiger partial charge in [-0.25, -0.2) is 0 Å². The molecule has 3 nitrogen and oxygen atoms in total. The quantitative estimate of drug-likeness (QED) is 0.922. The maximum Gasteiger partial charge on any atom is 0.0824 e. The molecular formula is C17H28N2O. The van der Waals surface area contributed by atoms with Crippen LogP contribution in [0.3, 0.4) is 0 Å². The number of hydrogen-bond donors (Lipinski definition) is 1. The minimum absolute atomic E-state index is 0.181. The zero-order valence-electron chi connectivity index (χ0n) is 13.2. The molecule has 2 atom stereocenters. The summed E-state index contributed by atoms with van der Waals surface area (Å²) in [5.41, 5.74) is 8.69. The van der Waals surface area contributed by atoms with E-state index in [0.717, 1.165) is 19.7 Å². The van der Waals surface area contributed by atoms with Gasteiger partial charge in [0.15, 0.2) is 0 Å². The molecule has 0 amide bonds. The Morgan fingerprint density at radius 1 is 1.30 bits per heavy atom. The maximum absolute atomic E-state index is 5.72. The fourth-order valence-corrected chi connectivity index (χ4v) is 2.71. The van der Waals surface area contributed by atoms with Crippen LogP contribution in [-0.4, -0.2) is 37.2 Å². The first-order chi connectivity index (χ1) is 9.41. The molecule has 1 saturated heterocycles. The predicted octanol–water partition coefficient (Wildman–Crippen LogP) is 2.70. The van der Waals surface area contributed by atoms with Gasteiger partial charge in [-0.15, -0.1) is 0 Å². The Morgan fingerprint density at radius 3 is 2.50 bits per heavy atom. The second-order valence-corrected chi connectivity index (χ2v) is 6.77. The lowest BCUT2D eigenvalue weighted by molar-refractivity contribution is -0.0364. The van der Waals surface area contributed by atoms with Gasteiger partial charge in [0.2, 0.25) is 0 Å². The third-order valence-corrected chi connectivity index (χ3v) is 4.24. The molecule has 1 aromatic carbocycles. The summed E-state index contributed by atoms with van der Waals surface area (Å²) in [6.07, 6.45) is 0.181. The van der Waals surface area contributed by atoms with Crippen LogP contribution in [0, 0.1) is 0 Å². The summed E-state index contributed by atoms with van der Waals surface area (Å²) >= 11 is 0. The first-order valence-corrected chi connectivity index (χ1v) is 7.58. The summed E-state index contributed by atoms with van der Waals surface area (Å²) < 4.78 is 5.64. The number of nitrogens with zero attached hydrogens (tertiary/aromatic N) is 1. The summed E-state index contributed by atoms with van der Waals surface area (Å²) in [4.78, 5) is 2.47. The van der Waals surface area contributed by atoms with E-state index < -0.39 is 0 Å². The number of nitrogens with two attached hydrogens (primary N) is 1. The standard InChI is InChI=1S/C17H28N2O/c1-13(19-9-10-20-16(11-18)12-19)14-5-7-15(8-6-14)17(2,3)4/h5-8,13,16H,9-12,18H2,1-4H3. The summed E-state index contributed by atoms with van der Waals surface area (Å²) in [6.45, 7) is 12.3. The van der Waals surface area contributed by atoms with Crippen molar-refractivity contribution < 1.29 is 4.74 Å². The van der Waals surface area contributed by atoms with Crippen LogP contribution in [0.25, 0.3) is 0 Å². The van der Waals surface area contributed by atoms with Crippen LogP contribution in [0.5, 0.6) is 0 Å². The summed E-state index contributed by atoms with van der Waals surface area (Å²) in [6, 6.07) is 9.46. The van der Waals surface area contributed by atoms with Crippen molar-refractivity contribution in [1.29, 1.82) is 0 Å². The minimum atomic E-state index is 0.181. The molecule has 112 valence electrons. The van der Waals surface area contributed by atoms with Gasteiger partial charge in [-0.05, 0) is 23.5 Å². The topological polar surface area (TPSA) is 38.5 Å². The number of morpholine rings is 1. The lowest BCUT2D eigenvalue weighted by Gasteiger charge is -2.36. The smallest absolute Gasteiger partial charge is 0.0824 e. The Kier molecular flexibility index (Phi) is 4.84. The van der Waals surface area contributed by atoms with E-state index in [1.54, 1.807) is 0 Å². The highest BCUT2D eigenvalue weighted by Gasteiger charge is 2.24. The van der Waals surface area contributed by atoms with Crippen molar-refractivity contribution in [2.24, 2.45) is 5.73 Å². The molecule has 2 N–H and O–H groups in total. The molecule has 1 aromatic rings.